The van der Waals surface area contributed by atoms with Gasteiger partial charge in [0.2, 0.25) is 5.91 Å². The predicted octanol–water partition coefficient (Wildman–Crippen LogP) is 1.57. The molecule has 78 valence electrons. The molecule has 3 heteroatoms. The van der Waals surface area contributed by atoms with Crippen molar-refractivity contribution >= 4 is 5.91 Å². The van der Waals surface area contributed by atoms with Gasteiger partial charge < -0.3 is 10.1 Å². The van der Waals surface area contributed by atoms with Gasteiger partial charge >= 0.3 is 0 Å². The molecule has 0 aliphatic carbocycles. The van der Waals surface area contributed by atoms with Crippen molar-refractivity contribution in [3.63, 3.8) is 0 Å². The first-order valence-corrected chi connectivity index (χ1v) is 4.62. The second-order valence-corrected chi connectivity index (χ2v) is 4.64. The molecule has 0 bridgehead atoms. The van der Waals surface area contributed by atoms with Gasteiger partial charge in [-0.05, 0) is 26.7 Å². The summed E-state index contributed by atoms with van der Waals surface area (Å²) in [6.45, 7) is 9.81. The van der Waals surface area contributed by atoms with Gasteiger partial charge in [0, 0.05) is 12.6 Å². The number of carbonyl (C=O) groups excluding carboxylic acids is 1. The SMILES string of the molecule is COC(C(=O)NC(C)(C)C)C(C)C. The number of ether oxygens (including phenoxy) is 1. The standard InChI is InChI=1S/C10H21NO2/c1-7(2)8(13-6)9(12)11-10(3,4)5/h7-8H,1-6H3,(H,11,12). The van der Waals surface area contributed by atoms with E-state index in [1.807, 2.05) is 34.6 Å². The van der Waals surface area contributed by atoms with Crippen LogP contribution in [0, 0.1) is 5.92 Å². The summed E-state index contributed by atoms with van der Waals surface area (Å²) in [5, 5.41) is 2.89. The molecular formula is C10H21NO2. The van der Waals surface area contributed by atoms with Crippen LogP contribution in [-0.2, 0) is 9.53 Å². The van der Waals surface area contributed by atoms with Crippen molar-refractivity contribution in [3.8, 4) is 0 Å². The molecule has 0 aromatic carbocycles. The number of carbonyl (C=O) groups is 1. The van der Waals surface area contributed by atoms with E-state index >= 15 is 0 Å². The molecule has 0 spiro atoms. The summed E-state index contributed by atoms with van der Waals surface area (Å²) >= 11 is 0. The van der Waals surface area contributed by atoms with Gasteiger partial charge in [-0.2, -0.15) is 0 Å². The summed E-state index contributed by atoms with van der Waals surface area (Å²) < 4.78 is 5.11. The maximum Gasteiger partial charge on any atom is 0.249 e. The van der Waals surface area contributed by atoms with Gasteiger partial charge in [0.15, 0.2) is 0 Å². The van der Waals surface area contributed by atoms with Gasteiger partial charge in [0.25, 0.3) is 0 Å². The Hall–Kier alpha value is -0.570. The molecule has 1 unspecified atom stereocenters. The van der Waals surface area contributed by atoms with Gasteiger partial charge in [-0.1, -0.05) is 13.8 Å². The number of methoxy groups -OCH3 is 1. The maximum absolute atomic E-state index is 11.6. The van der Waals surface area contributed by atoms with Crippen molar-refractivity contribution in [3.05, 3.63) is 0 Å². The average Bonchev–Trinajstić information content (AvgIpc) is 1.82. The molecule has 0 fully saturated rings. The van der Waals surface area contributed by atoms with E-state index in [0.29, 0.717) is 0 Å². The van der Waals surface area contributed by atoms with E-state index in [9.17, 15) is 4.79 Å². The molecule has 0 aromatic rings. The Labute approximate surface area is 80.8 Å². The van der Waals surface area contributed by atoms with Crippen LogP contribution in [0.25, 0.3) is 0 Å². The van der Waals surface area contributed by atoms with E-state index < -0.39 is 0 Å². The third-order valence-corrected chi connectivity index (χ3v) is 1.62. The van der Waals surface area contributed by atoms with Crippen LogP contribution in [0.2, 0.25) is 0 Å². The Morgan fingerprint density at radius 2 is 1.77 bits per heavy atom. The number of nitrogens with one attached hydrogen (secondary N) is 1. The van der Waals surface area contributed by atoms with Crippen molar-refractivity contribution in [2.24, 2.45) is 5.92 Å². The first-order chi connectivity index (χ1) is 5.78. The molecular weight excluding hydrogens is 166 g/mol. The summed E-state index contributed by atoms with van der Waals surface area (Å²) in [7, 11) is 1.56. The van der Waals surface area contributed by atoms with Crippen LogP contribution in [0.15, 0.2) is 0 Å². The van der Waals surface area contributed by atoms with Gasteiger partial charge in [0.1, 0.15) is 6.10 Å². The highest BCUT2D eigenvalue weighted by molar-refractivity contribution is 5.81. The zero-order chi connectivity index (χ0) is 10.6. The molecule has 0 saturated heterocycles. The molecule has 0 rings (SSSR count). The largest absolute Gasteiger partial charge is 0.371 e. The van der Waals surface area contributed by atoms with Gasteiger partial charge in [-0.3, -0.25) is 4.79 Å². The molecule has 0 saturated carbocycles. The third kappa shape index (κ3) is 4.88. The summed E-state index contributed by atoms with van der Waals surface area (Å²) in [6, 6.07) is 0. The highest BCUT2D eigenvalue weighted by Gasteiger charge is 2.24. The normalized spacial score (nSPS) is 14.4. The average molecular weight is 187 g/mol. The fourth-order valence-electron chi connectivity index (χ4n) is 1.12. The highest BCUT2D eigenvalue weighted by Crippen LogP contribution is 2.08. The fourth-order valence-corrected chi connectivity index (χ4v) is 1.12. The van der Waals surface area contributed by atoms with Crippen LogP contribution in [0.1, 0.15) is 34.6 Å². The molecule has 1 N–H and O–H groups in total. The predicted molar refractivity (Wildman–Crippen MR) is 53.5 cm³/mol. The minimum absolute atomic E-state index is 0.0370. The summed E-state index contributed by atoms with van der Waals surface area (Å²) in [6.07, 6.45) is -0.348. The lowest BCUT2D eigenvalue weighted by molar-refractivity contribution is -0.134. The van der Waals surface area contributed by atoms with E-state index in [-0.39, 0.29) is 23.5 Å². The Kier molecular flexibility index (Phi) is 4.40. The molecule has 1 atom stereocenters. The summed E-state index contributed by atoms with van der Waals surface area (Å²) in [5.41, 5.74) is -0.192. The lowest BCUT2D eigenvalue weighted by Crippen LogP contribution is -2.48. The van der Waals surface area contributed by atoms with Crippen molar-refractivity contribution in [2.45, 2.75) is 46.3 Å². The molecule has 0 aliphatic heterocycles. The minimum Gasteiger partial charge on any atom is -0.371 e. The number of rotatable bonds is 3. The Morgan fingerprint density at radius 1 is 1.31 bits per heavy atom. The van der Waals surface area contributed by atoms with E-state index in [1.54, 1.807) is 7.11 Å². The van der Waals surface area contributed by atoms with Crippen LogP contribution in [0.4, 0.5) is 0 Å². The zero-order valence-corrected chi connectivity index (χ0v) is 9.47. The van der Waals surface area contributed by atoms with Crippen LogP contribution in [0.3, 0.4) is 0 Å². The lowest BCUT2D eigenvalue weighted by Gasteiger charge is -2.25. The van der Waals surface area contributed by atoms with Crippen molar-refractivity contribution in [2.75, 3.05) is 7.11 Å². The van der Waals surface area contributed by atoms with Gasteiger partial charge in [0.05, 0.1) is 0 Å². The Morgan fingerprint density at radius 3 is 2.00 bits per heavy atom. The van der Waals surface area contributed by atoms with Crippen LogP contribution in [0.5, 0.6) is 0 Å². The lowest BCUT2D eigenvalue weighted by atomic mass is 10.0. The van der Waals surface area contributed by atoms with E-state index in [2.05, 4.69) is 5.32 Å². The third-order valence-electron chi connectivity index (χ3n) is 1.62. The van der Waals surface area contributed by atoms with E-state index in [0.717, 1.165) is 0 Å². The molecule has 0 radical (unpaired) electrons. The van der Waals surface area contributed by atoms with E-state index in [4.69, 9.17) is 4.74 Å². The van der Waals surface area contributed by atoms with Crippen LogP contribution >= 0.6 is 0 Å². The van der Waals surface area contributed by atoms with Gasteiger partial charge in [-0.15, -0.1) is 0 Å². The van der Waals surface area contributed by atoms with Crippen molar-refractivity contribution in [1.82, 2.24) is 5.32 Å². The molecule has 1 amide bonds. The van der Waals surface area contributed by atoms with Gasteiger partial charge in [-0.25, -0.2) is 0 Å². The molecule has 0 aliphatic rings. The number of hydrogen-bond donors (Lipinski definition) is 1. The van der Waals surface area contributed by atoms with Crippen LogP contribution in [-0.4, -0.2) is 24.7 Å². The zero-order valence-electron chi connectivity index (χ0n) is 9.47. The smallest absolute Gasteiger partial charge is 0.249 e. The molecule has 0 aromatic heterocycles. The maximum atomic E-state index is 11.6. The first-order valence-electron chi connectivity index (χ1n) is 4.62. The highest BCUT2D eigenvalue weighted by atomic mass is 16.5. The van der Waals surface area contributed by atoms with E-state index in [1.165, 1.54) is 0 Å². The summed E-state index contributed by atoms with van der Waals surface area (Å²) in [4.78, 5) is 11.6. The quantitative estimate of drug-likeness (QED) is 0.728. The molecule has 3 nitrogen and oxygen atoms in total. The monoisotopic (exact) mass is 187 g/mol. The van der Waals surface area contributed by atoms with Crippen molar-refractivity contribution < 1.29 is 9.53 Å². The molecule has 0 heterocycles. The second kappa shape index (κ2) is 4.61. The van der Waals surface area contributed by atoms with Crippen LogP contribution < -0.4 is 5.32 Å². The van der Waals surface area contributed by atoms with Crippen molar-refractivity contribution in [1.29, 1.82) is 0 Å². The Balaban J connectivity index is 4.23. The number of amides is 1. The second-order valence-electron chi connectivity index (χ2n) is 4.64. The first kappa shape index (κ1) is 12.4. The summed E-state index contributed by atoms with van der Waals surface area (Å²) in [5.74, 6) is 0.164. The fraction of sp³-hybridized carbons (Fsp3) is 0.900. The number of hydrogen-bond acceptors (Lipinski definition) is 2. The molecule has 13 heavy (non-hydrogen) atoms. The Bertz CT molecular complexity index is 170. The topological polar surface area (TPSA) is 38.3 Å². The minimum atomic E-state index is -0.348.